The van der Waals surface area contributed by atoms with Gasteiger partial charge in [0.15, 0.2) is 0 Å². The topological polar surface area (TPSA) is 101 Å². The number of nitrogen functional groups attached to an aromatic ring is 1. The molecule has 2 unspecified atom stereocenters. The Morgan fingerprint density at radius 2 is 1.85 bits per heavy atom. The van der Waals surface area contributed by atoms with Crippen molar-refractivity contribution in [1.82, 2.24) is 20.2 Å². The molecule has 3 N–H and O–H groups in total. The highest BCUT2D eigenvalue weighted by molar-refractivity contribution is 5.93. The maximum atomic E-state index is 12.7. The third-order valence-corrected chi connectivity index (χ3v) is 6.37. The Balaban J connectivity index is 1.37. The average Bonchev–Trinajstić information content (AvgIpc) is 3.21. The zero-order valence-electron chi connectivity index (χ0n) is 15.4. The molecule has 0 aromatic carbocycles. The highest BCUT2D eigenvalue weighted by Gasteiger charge is 2.49. The van der Waals surface area contributed by atoms with E-state index in [2.05, 4.69) is 29.1 Å². The fourth-order valence-corrected chi connectivity index (χ4v) is 4.65. The second-order valence-corrected chi connectivity index (χ2v) is 8.82. The number of aromatic nitrogens is 2. The maximum Gasteiger partial charge on any atom is 0.257 e. The number of nitrogens with zero attached hydrogens (tertiary/aromatic N) is 3. The van der Waals surface area contributed by atoms with Gasteiger partial charge >= 0.3 is 0 Å². The normalized spacial score (nSPS) is 32.0. The van der Waals surface area contributed by atoms with E-state index >= 15 is 0 Å². The van der Waals surface area contributed by atoms with Gasteiger partial charge in [-0.1, -0.05) is 13.8 Å². The summed E-state index contributed by atoms with van der Waals surface area (Å²) in [5.41, 5.74) is 5.75. The molecular weight excluding hydrogens is 330 g/mol. The molecule has 1 saturated heterocycles. The number of rotatable bonds is 3. The van der Waals surface area contributed by atoms with E-state index in [1.165, 1.54) is 18.8 Å². The number of amides is 2. The summed E-state index contributed by atoms with van der Waals surface area (Å²) in [6.45, 7) is 5.44. The van der Waals surface area contributed by atoms with Gasteiger partial charge in [-0.15, -0.1) is 0 Å². The van der Waals surface area contributed by atoms with Gasteiger partial charge in [0.05, 0.1) is 5.56 Å². The fraction of sp³-hybridized carbons (Fsp3) is 0.684. The van der Waals surface area contributed by atoms with Crippen molar-refractivity contribution in [3.8, 4) is 0 Å². The van der Waals surface area contributed by atoms with Crippen molar-refractivity contribution in [2.75, 3.05) is 18.8 Å². The number of piperidine rings is 1. The molecule has 2 aliphatic carbocycles. The third kappa shape index (κ3) is 3.27. The molecule has 3 aliphatic rings. The van der Waals surface area contributed by atoms with Crippen LogP contribution in [-0.4, -0.2) is 45.8 Å². The van der Waals surface area contributed by atoms with Crippen LogP contribution >= 0.6 is 0 Å². The molecular formula is C19H27N5O2. The minimum atomic E-state index is -0.181. The van der Waals surface area contributed by atoms with Crippen molar-refractivity contribution in [2.45, 2.75) is 45.6 Å². The smallest absolute Gasteiger partial charge is 0.257 e. The Labute approximate surface area is 153 Å². The van der Waals surface area contributed by atoms with E-state index in [1.807, 2.05) is 4.90 Å². The summed E-state index contributed by atoms with van der Waals surface area (Å²) in [5, 5.41) is 3.28. The van der Waals surface area contributed by atoms with Gasteiger partial charge in [0.1, 0.15) is 0 Å². The van der Waals surface area contributed by atoms with Crippen molar-refractivity contribution in [3.63, 3.8) is 0 Å². The SMILES string of the molecule is CC1(C)CN(C(=O)c2cnc(N)nc2)CCC1NC(=O)C1C[C@@H]2C[C@@H]2C1. The molecule has 1 aliphatic heterocycles. The van der Waals surface area contributed by atoms with Crippen molar-refractivity contribution in [2.24, 2.45) is 23.2 Å². The Hall–Kier alpha value is -2.18. The van der Waals surface area contributed by atoms with Gasteiger partial charge in [-0.3, -0.25) is 9.59 Å². The summed E-state index contributed by atoms with van der Waals surface area (Å²) < 4.78 is 0. The zero-order chi connectivity index (χ0) is 18.5. The van der Waals surface area contributed by atoms with Gasteiger partial charge in [-0.25, -0.2) is 9.97 Å². The molecule has 7 heteroatoms. The summed E-state index contributed by atoms with van der Waals surface area (Å²) in [6.07, 6.45) is 7.15. The number of carbonyl (C=O) groups is 2. The van der Waals surface area contributed by atoms with Crippen molar-refractivity contribution < 1.29 is 9.59 Å². The Bertz CT molecular complexity index is 707. The third-order valence-electron chi connectivity index (χ3n) is 6.37. The molecule has 2 heterocycles. The molecule has 0 bridgehead atoms. The van der Waals surface area contributed by atoms with E-state index in [0.717, 1.165) is 31.1 Å². The molecule has 4 atom stereocenters. The number of nitrogens with one attached hydrogen (secondary N) is 1. The molecule has 7 nitrogen and oxygen atoms in total. The lowest BCUT2D eigenvalue weighted by atomic mass is 9.78. The lowest BCUT2D eigenvalue weighted by molar-refractivity contribution is -0.127. The van der Waals surface area contributed by atoms with Crippen LogP contribution in [0, 0.1) is 23.2 Å². The first kappa shape index (κ1) is 17.2. The van der Waals surface area contributed by atoms with Gasteiger partial charge < -0.3 is 16.0 Å². The summed E-state index contributed by atoms with van der Waals surface area (Å²) in [6, 6.07) is 0.0960. The quantitative estimate of drug-likeness (QED) is 0.853. The Kier molecular flexibility index (Phi) is 4.12. The predicted molar refractivity (Wildman–Crippen MR) is 97.0 cm³/mol. The molecule has 2 saturated carbocycles. The highest BCUT2D eigenvalue weighted by atomic mass is 16.2. The van der Waals surface area contributed by atoms with E-state index in [-0.39, 0.29) is 35.1 Å². The monoisotopic (exact) mass is 357 g/mol. The number of nitrogens with two attached hydrogens (primary N) is 1. The second kappa shape index (κ2) is 6.21. The van der Waals surface area contributed by atoms with E-state index in [0.29, 0.717) is 18.7 Å². The largest absolute Gasteiger partial charge is 0.368 e. The minimum absolute atomic E-state index is 0.0845. The van der Waals surface area contributed by atoms with Gasteiger partial charge in [-0.2, -0.15) is 0 Å². The standard InChI is InChI=1S/C19H27N5O2/c1-19(2)10-24(17(26)14-8-21-18(20)22-9-14)4-3-15(19)23-16(25)13-6-11-5-12(11)7-13/h8-9,11-13,15H,3-7,10H2,1-2H3,(H,23,25)(H2,20,21,22)/t11-,12+,13?,15?. The summed E-state index contributed by atoms with van der Waals surface area (Å²) in [7, 11) is 0. The first-order valence-corrected chi connectivity index (χ1v) is 9.50. The number of carbonyl (C=O) groups excluding carboxylic acids is 2. The van der Waals surface area contributed by atoms with Gasteiger partial charge in [-0.05, 0) is 37.5 Å². The fourth-order valence-electron chi connectivity index (χ4n) is 4.65. The van der Waals surface area contributed by atoms with E-state index in [9.17, 15) is 9.59 Å². The lowest BCUT2D eigenvalue weighted by Gasteiger charge is -2.44. The summed E-state index contributed by atoms with van der Waals surface area (Å²) in [4.78, 5) is 34.9. The molecule has 1 aromatic heterocycles. The average molecular weight is 357 g/mol. The minimum Gasteiger partial charge on any atom is -0.368 e. The maximum absolute atomic E-state index is 12.7. The van der Waals surface area contributed by atoms with Crippen molar-refractivity contribution >= 4 is 17.8 Å². The van der Waals surface area contributed by atoms with Crippen LogP contribution in [0.4, 0.5) is 5.95 Å². The van der Waals surface area contributed by atoms with Gasteiger partial charge in [0, 0.05) is 42.9 Å². The van der Waals surface area contributed by atoms with Crippen LogP contribution in [0.3, 0.4) is 0 Å². The van der Waals surface area contributed by atoms with E-state index in [4.69, 9.17) is 5.73 Å². The summed E-state index contributed by atoms with van der Waals surface area (Å²) in [5.74, 6) is 2.09. The summed E-state index contributed by atoms with van der Waals surface area (Å²) >= 11 is 0. The van der Waals surface area contributed by atoms with Gasteiger partial charge in [0.2, 0.25) is 11.9 Å². The molecule has 2 amide bonds. The number of likely N-dealkylation sites (tertiary alicyclic amines) is 1. The van der Waals surface area contributed by atoms with Crippen LogP contribution in [0.5, 0.6) is 0 Å². The van der Waals surface area contributed by atoms with Gasteiger partial charge in [0.25, 0.3) is 5.91 Å². The van der Waals surface area contributed by atoms with Crippen LogP contribution in [-0.2, 0) is 4.79 Å². The highest BCUT2D eigenvalue weighted by Crippen LogP contribution is 2.54. The molecule has 0 spiro atoms. The Morgan fingerprint density at radius 3 is 2.46 bits per heavy atom. The number of hydrogen-bond acceptors (Lipinski definition) is 5. The first-order chi connectivity index (χ1) is 12.3. The molecule has 140 valence electrons. The number of fused-ring (bicyclic) bond motifs is 1. The molecule has 0 radical (unpaired) electrons. The van der Waals surface area contributed by atoms with E-state index < -0.39 is 0 Å². The van der Waals surface area contributed by atoms with Crippen LogP contribution in [0.1, 0.15) is 49.9 Å². The Morgan fingerprint density at radius 1 is 1.19 bits per heavy atom. The van der Waals surface area contributed by atoms with Crippen LogP contribution in [0.25, 0.3) is 0 Å². The molecule has 1 aromatic rings. The lowest BCUT2D eigenvalue weighted by Crippen LogP contribution is -2.57. The number of anilines is 1. The van der Waals surface area contributed by atoms with Crippen LogP contribution in [0.2, 0.25) is 0 Å². The van der Waals surface area contributed by atoms with Crippen molar-refractivity contribution in [1.29, 1.82) is 0 Å². The molecule has 4 rings (SSSR count). The van der Waals surface area contributed by atoms with E-state index in [1.54, 1.807) is 0 Å². The first-order valence-electron chi connectivity index (χ1n) is 9.50. The van der Waals surface area contributed by atoms with Crippen LogP contribution in [0.15, 0.2) is 12.4 Å². The molecule has 26 heavy (non-hydrogen) atoms. The number of hydrogen-bond donors (Lipinski definition) is 2. The second-order valence-electron chi connectivity index (χ2n) is 8.82. The van der Waals surface area contributed by atoms with Crippen LogP contribution < -0.4 is 11.1 Å². The molecule has 3 fully saturated rings. The zero-order valence-corrected chi connectivity index (χ0v) is 15.4. The van der Waals surface area contributed by atoms with Crippen molar-refractivity contribution in [3.05, 3.63) is 18.0 Å². The predicted octanol–water partition coefficient (Wildman–Crippen LogP) is 1.46.